The second-order valence-electron chi connectivity index (χ2n) is 8.27. The molecule has 0 radical (unpaired) electrons. The quantitative estimate of drug-likeness (QED) is 0.402. The van der Waals surface area contributed by atoms with Crippen LogP contribution in [-0.2, 0) is 26.3 Å². The summed E-state index contributed by atoms with van der Waals surface area (Å²) in [6.45, 7) is 0. The Bertz CT molecular complexity index is 1180. The van der Waals surface area contributed by atoms with Crippen LogP contribution in [-0.4, -0.2) is 51.3 Å². The fourth-order valence-electron chi connectivity index (χ4n) is 3.37. The SMILES string of the molecule is C=S(=O)(CC1CC1)c1ccc(CC(=O)Nc2ccc(C(O)(C(F)(F)F)C(F)(F)F)cc2OC)cn1. The molecule has 3 rings (SSSR count). The molecule has 1 aliphatic carbocycles. The summed E-state index contributed by atoms with van der Waals surface area (Å²) >= 11 is 0. The predicted molar refractivity (Wildman–Crippen MR) is 117 cm³/mol. The normalized spacial score (nSPS) is 16.5. The molecule has 6 nitrogen and oxygen atoms in total. The summed E-state index contributed by atoms with van der Waals surface area (Å²) in [5.41, 5.74) is -6.43. The van der Waals surface area contributed by atoms with Gasteiger partial charge in [0.2, 0.25) is 5.91 Å². The van der Waals surface area contributed by atoms with Gasteiger partial charge < -0.3 is 15.2 Å². The summed E-state index contributed by atoms with van der Waals surface area (Å²) in [6.07, 6.45) is -9.01. The monoisotopic (exact) mass is 524 g/mol. The molecule has 0 bridgehead atoms. The molecule has 1 aromatic carbocycles. The van der Waals surface area contributed by atoms with Gasteiger partial charge in [0.1, 0.15) is 10.8 Å². The van der Waals surface area contributed by atoms with Crippen molar-refractivity contribution in [2.75, 3.05) is 18.2 Å². The minimum atomic E-state index is -6.06. The zero-order valence-corrected chi connectivity index (χ0v) is 19.2. The van der Waals surface area contributed by atoms with E-state index in [1.54, 1.807) is 0 Å². The Kier molecular flexibility index (Phi) is 7.15. The average molecular weight is 524 g/mol. The van der Waals surface area contributed by atoms with E-state index >= 15 is 0 Å². The summed E-state index contributed by atoms with van der Waals surface area (Å²) in [7, 11) is -1.56. The number of aliphatic hydroxyl groups is 1. The smallest absolute Gasteiger partial charge is 0.430 e. The lowest BCUT2D eigenvalue weighted by Crippen LogP contribution is -2.53. The van der Waals surface area contributed by atoms with E-state index in [0.29, 0.717) is 34.4 Å². The third kappa shape index (κ3) is 5.72. The van der Waals surface area contributed by atoms with Crippen molar-refractivity contribution < 1.29 is 45.2 Å². The van der Waals surface area contributed by atoms with Crippen molar-refractivity contribution in [1.29, 1.82) is 0 Å². The van der Waals surface area contributed by atoms with Crippen LogP contribution < -0.4 is 10.1 Å². The van der Waals surface area contributed by atoms with Crippen molar-refractivity contribution in [2.45, 2.75) is 42.2 Å². The third-order valence-electron chi connectivity index (χ3n) is 5.46. The van der Waals surface area contributed by atoms with E-state index in [1.165, 1.54) is 18.3 Å². The molecule has 1 fully saturated rings. The van der Waals surface area contributed by atoms with Crippen LogP contribution >= 0.6 is 0 Å². The van der Waals surface area contributed by atoms with E-state index in [-0.39, 0.29) is 12.1 Å². The fraction of sp³-hybridized carbons (Fsp3) is 0.409. The van der Waals surface area contributed by atoms with Crippen molar-refractivity contribution in [1.82, 2.24) is 4.98 Å². The number of rotatable bonds is 8. The molecule has 1 atom stereocenters. The first-order valence-electron chi connectivity index (χ1n) is 10.2. The van der Waals surface area contributed by atoms with Crippen LogP contribution in [0, 0.1) is 5.92 Å². The van der Waals surface area contributed by atoms with Gasteiger partial charge in [0.15, 0.2) is 0 Å². The molecule has 0 aliphatic heterocycles. The van der Waals surface area contributed by atoms with Crippen LogP contribution in [0.2, 0.25) is 0 Å². The summed E-state index contributed by atoms with van der Waals surface area (Å²) in [5.74, 6) is 3.38. The maximum atomic E-state index is 13.1. The molecule has 13 heteroatoms. The number of pyridine rings is 1. The van der Waals surface area contributed by atoms with Crippen molar-refractivity contribution in [3.63, 3.8) is 0 Å². The zero-order valence-electron chi connectivity index (χ0n) is 18.4. The van der Waals surface area contributed by atoms with Gasteiger partial charge in [0, 0.05) is 27.0 Å². The van der Waals surface area contributed by atoms with Crippen LogP contribution in [0.3, 0.4) is 0 Å². The molecule has 2 N–H and O–H groups in total. The number of ether oxygens (including phenoxy) is 1. The number of methoxy groups -OCH3 is 1. The Morgan fingerprint density at radius 1 is 1.17 bits per heavy atom. The Balaban J connectivity index is 1.76. The molecule has 1 aliphatic rings. The standard InChI is InChI=1S/C22H22F6N2O4S/c1-34-17-10-15(20(32,21(23,24)25)22(26,27)28)6-7-16(17)30-18(31)9-14-5-8-19(29-11-14)35(2,33)12-13-3-4-13/h5-8,10-11,13,32H,2-4,9,12H2,1H3,(H,30,31). The molecule has 35 heavy (non-hydrogen) atoms. The summed E-state index contributed by atoms with van der Waals surface area (Å²) in [6, 6.07) is 4.57. The number of nitrogens with one attached hydrogen (secondary N) is 1. The van der Waals surface area contributed by atoms with Gasteiger partial charge in [-0.2, -0.15) is 26.3 Å². The number of alkyl halides is 6. The first-order valence-corrected chi connectivity index (χ1v) is 12.1. The number of hydrogen-bond acceptors (Lipinski definition) is 5. The predicted octanol–water partition coefficient (Wildman–Crippen LogP) is 4.07. The number of amides is 1. The number of benzene rings is 1. The van der Waals surface area contributed by atoms with Crippen LogP contribution in [0.1, 0.15) is 24.0 Å². The fourth-order valence-corrected chi connectivity index (χ4v) is 5.20. The second kappa shape index (κ2) is 9.34. The molecule has 0 saturated heterocycles. The number of carbonyl (C=O) groups excluding carboxylic acids is 1. The van der Waals surface area contributed by atoms with Gasteiger partial charge in [0.25, 0.3) is 5.60 Å². The number of halogens is 6. The number of nitrogens with zero attached hydrogens (tertiary/aromatic N) is 1. The first kappa shape index (κ1) is 26.8. The largest absolute Gasteiger partial charge is 0.495 e. The number of aromatic nitrogens is 1. The summed E-state index contributed by atoms with van der Waals surface area (Å²) < 4.78 is 96.3. The number of hydrogen-bond donors (Lipinski definition) is 2. The molecule has 192 valence electrons. The van der Waals surface area contributed by atoms with E-state index in [4.69, 9.17) is 4.74 Å². The molecular weight excluding hydrogens is 502 g/mol. The molecule has 1 saturated carbocycles. The molecular formula is C22H22F6N2O4S. The van der Waals surface area contributed by atoms with E-state index in [0.717, 1.165) is 26.0 Å². The Morgan fingerprint density at radius 2 is 1.80 bits per heavy atom. The Labute approximate surface area is 197 Å². The molecule has 1 aromatic heterocycles. The van der Waals surface area contributed by atoms with Crippen molar-refractivity contribution >= 4 is 27.0 Å². The van der Waals surface area contributed by atoms with Gasteiger partial charge in [-0.1, -0.05) is 12.1 Å². The first-order chi connectivity index (χ1) is 16.1. The summed E-state index contributed by atoms with van der Waals surface area (Å²) in [4.78, 5) is 16.5. The van der Waals surface area contributed by atoms with Gasteiger partial charge in [-0.15, -0.1) is 0 Å². The van der Waals surface area contributed by atoms with Gasteiger partial charge >= 0.3 is 12.4 Å². The van der Waals surface area contributed by atoms with Gasteiger partial charge in [-0.05, 0) is 48.4 Å². The highest BCUT2D eigenvalue weighted by atomic mass is 32.2. The molecule has 0 spiro atoms. The Hall–Kier alpha value is -2.80. The van der Waals surface area contributed by atoms with E-state index < -0.39 is 44.7 Å². The molecule has 1 heterocycles. The van der Waals surface area contributed by atoms with Gasteiger partial charge in [-0.25, -0.2) is 4.98 Å². The van der Waals surface area contributed by atoms with E-state index in [2.05, 4.69) is 16.2 Å². The highest BCUT2D eigenvalue weighted by Gasteiger charge is 2.71. The van der Waals surface area contributed by atoms with Crippen molar-refractivity contribution in [2.24, 2.45) is 5.92 Å². The highest BCUT2D eigenvalue weighted by molar-refractivity contribution is 8.00. The molecule has 1 unspecified atom stereocenters. The van der Waals surface area contributed by atoms with E-state index in [9.17, 15) is 40.5 Å². The topological polar surface area (TPSA) is 88.5 Å². The minimum absolute atomic E-state index is 0.206. The maximum Gasteiger partial charge on any atom is 0.430 e. The van der Waals surface area contributed by atoms with E-state index in [1.807, 2.05) is 0 Å². The zero-order chi connectivity index (χ0) is 26.2. The third-order valence-corrected chi connectivity index (χ3v) is 7.47. The van der Waals surface area contributed by atoms with Crippen molar-refractivity contribution in [3.8, 4) is 5.75 Å². The number of anilines is 1. The van der Waals surface area contributed by atoms with Crippen LogP contribution in [0.25, 0.3) is 0 Å². The lowest BCUT2D eigenvalue weighted by molar-refractivity contribution is -0.376. The van der Waals surface area contributed by atoms with Crippen LogP contribution in [0.5, 0.6) is 5.75 Å². The van der Waals surface area contributed by atoms with Crippen molar-refractivity contribution in [3.05, 3.63) is 47.7 Å². The minimum Gasteiger partial charge on any atom is -0.495 e. The van der Waals surface area contributed by atoms with Crippen LogP contribution in [0.4, 0.5) is 32.0 Å². The highest BCUT2D eigenvalue weighted by Crippen LogP contribution is 2.51. The molecule has 2 aromatic rings. The van der Waals surface area contributed by atoms with Crippen LogP contribution in [0.15, 0.2) is 41.6 Å². The maximum absolute atomic E-state index is 13.1. The summed E-state index contributed by atoms with van der Waals surface area (Å²) in [5, 5.41) is 12.2. The Morgan fingerprint density at radius 3 is 2.29 bits per heavy atom. The lowest BCUT2D eigenvalue weighted by Gasteiger charge is -2.33. The molecule has 1 amide bonds. The second-order valence-corrected chi connectivity index (χ2v) is 10.6. The van der Waals surface area contributed by atoms with Gasteiger partial charge in [-0.3, -0.25) is 9.00 Å². The number of carbonyl (C=O) groups is 1. The van der Waals surface area contributed by atoms with Gasteiger partial charge in [0.05, 0.1) is 19.2 Å². The average Bonchev–Trinajstić information content (AvgIpc) is 3.55. The lowest BCUT2D eigenvalue weighted by atomic mass is 9.91.